The molecule has 0 spiro atoms. The van der Waals surface area contributed by atoms with Gasteiger partial charge in [-0.25, -0.2) is 9.59 Å². The zero-order chi connectivity index (χ0) is 20.8. The molecule has 2 aromatic rings. The number of nitrogens with one attached hydrogen (secondary N) is 2. The van der Waals surface area contributed by atoms with Crippen LogP contribution in [-0.2, 0) is 14.3 Å². The van der Waals surface area contributed by atoms with Crippen LogP contribution in [0.4, 0.5) is 5.69 Å². The fraction of sp³-hybridized carbons (Fsp3) is 0.381. The van der Waals surface area contributed by atoms with Crippen molar-refractivity contribution in [2.24, 2.45) is 0 Å². The monoisotopic (exact) mass is 386 g/mol. The Balaban J connectivity index is 1.97. The highest BCUT2D eigenvalue weighted by molar-refractivity contribution is 5.99. The zero-order valence-corrected chi connectivity index (χ0v) is 16.8. The molecule has 2 N–H and O–H groups in total. The first kappa shape index (κ1) is 21.2. The molecule has 0 radical (unpaired) electrons. The summed E-state index contributed by atoms with van der Waals surface area (Å²) in [7, 11) is 0. The molecule has 7 heteroatoms. The van der Waals surface area contributed by atoms with Gasteiger partial charge in [-0.15, -0.1) is 0 Å². The van der Waals surface area contributed by atoms with E-state index in [-0.39, 0.29) is 12.3 Å². The summed E-state index contributed by atoms with van der Waals surface area (Å²) in [6, 6.07) is 7.49. The van der Waals surface area contributed by atoms with Crippen molar-refractivity contribution in [2.45, 2.75) is 40.5 Å². The van der Waals surface area contributed by atoms with Crippen LogP contribution >= 0.6 is 0 Å². The second-order valence-electron chi connectivity index (χ2n) is 6.75. The molecule has 0 unspecified atom stereocenters. The Morgan fingerprint density at radius 1 is 1.04 bits per heavy atom. The van der Waals surface area contributed by atoms with Crippen LogP contribution in [0.15, 0.2) is 24.3 Å². The first-order valence-electron chi connectivity index (χ1n) is 9.17. The van der Waals surface area contributed by atoms with E-state index in [1.165, 1.54) is 5.56 Å². The molecule has 0 saturated heterocycles. The molecule has 2 rings (SSSR count). The van der Waals surface area contributed by atoms with Crippen LogP contribution in [0.5, 0.6) is 0 Å². The molecule has 7 nitrogen and oxygen atoms in total. The number of esters is 2. The molecule has 0 aliphatic rings. The lowest BCUT2D eigenvalue weighted by Crippen LogP contribution is -2.21. The first-order chi connectivity index (χ1) is 13.2. The summed E-state index contributed by atoms with van der Waals surface area (Å²) in [5.41, 5.74) is 3.18. The molecule has 1 aromatic carbocycles. The highest BCUT2D eigenvalue weighted by Crippen LogP contribution is 2.20. The van der Waals surface area contributed by atoms with Gasteiger partial charge in [0.05, 0.1) is 12.2 Å². The third-order valence-corrected chi connectivity index (χ3v) is 4.32. The van der Waals surface area contributed by atoms with E-state index in [1.54, 1.807) is 32.9 Å². The minimum atomic E-state index is -0.707. The molecule has 0 saturated carbocycles. The van der Waals surface area contributed by atoms with Crippen molar-refractivity contribution in [3.63, 3.8) is 0 Å². The lowest BCUT2D eigenvalue weighted by atomic mass is 10.0. The molecule has 1 aromatic heterocycles. The van der Waals surface area contributed by atoms with E-state index in [4.69, 9.17) is 9.47 Å². The molecule has 28 heavy (non-hydrogen) atoms. The average molecular weight is 386 g/mol. The predicted molar refractivity (Wildman–Crippen MR) is 106 cm³/mol. The Bertz CT molecular complexity index is 866. The number of aryl methyl sites for hydroxylation is 1. The fourth-order valence-electron chi connectivity index (χ4n) is 2.82. The maximum absolute atomic E-state index is 12.3. The van der Waals surface area contributed by atoms with Gasteiger partial charge >= 0.3 is 11.9 Å². The van der Waals surface area contributed by atoms with Crippen molar-refractivity contribution in [2.75, 3.05) is 18.5 Å². The van der Waals surface area contributed by atoms with Crippen LogP contribution in [0.3, 0.4) is 0 Å². The van der Waals surface area contributed by atoms with Gasteiger partial charge in [-0.2, -0.15) is 0 Å². The standard InChI is InChI=1S/C21H26N2O5/c1-6-27-20(25)18-13(4)19(22-14(18)5)21(26)28-11-17(24)23-16-9-7-15(8-10-16)12(2)3/h7-10,12,22H,6,11H2,1-5H3,(H,23,24). The summed E-state index contributed by atoms with van der Waals surface area (Å²) < 4.78 is 10.1. The van der Waals surface area contributed by atoms with Crippen LogP contribution in [0.2, 0.25) is 0 Å². The molecule has 0 fully saturated rings. The van der Waals surface area contributed by atoms with Gasteiger partial charge in [-0.1, -0.05) is 26.0 Å². The van der Waals surface area contributed by atoms with Crippen molar-refractivity contribution in [1.29, 1.82) is 0 Å². The molecule has 1 heterocycles. The van der Waals surface area contributed by atoms with Gasteiger partial charge in [-0.3, -0.25) is 4.79 Å². The number of aromatic amines is 1. The summed E-state index contributed by atoms with van der Waals surface area (Å²) in [5.74, 6) is -1.26. The number of amides is 1. The van der Waals surface area contributed by atoms with E-state index < -0.39 is 24.5 Å². The Morgan fingerprint density at radius 2 is 1.68 bits per heavy atom. The molecule has 0 bridgehead atoms. The lowest BCUT2D eigenvalue weighted by Gasteiger charge is -2.09. The van der Waals surface area contributed by atoms with Crippen LogP contribution in [-0.4, -0.2) is 36.0 Å². The quantitative estimate of drug-likeness (QED) is 0.707. The number of carbonyl (C=O) groups is 3. The molecular formula is C21H26N2O5. The average Bonchev–Trinajstić information content (AvgIpc) is 2.94. The van der Waals surface area contributed by atoms with Gasteiger partial charge in [0.15, 0.2) is 6.61 Å². The third kappa shape index (κ3) is 5.00. The molecule has 0 atom stereocenters. The SMILES string of the molecule is CCOC(=O)c1c(C)[nH]c(C(=O)OCC(=O)Nc2ccc(C(C)C)cc2)c1C. The smallest absolute Gasteiger partial charge is 0.355 e. The Labute approximate surface area is 164 Å². The number of hydrogen-bond acceptors (Lipinski definition) is 5. The Kier molecular flexibility index (Phi) is 6.98. The molecule has 0 aliphatic carbocycles. The Morgan fingerprint density at radius 3 is 2.25 bits per heavy atom. The third-order valence-electron chi connectivity index (χ3n) is 4.32. The highest BCUT2D eigenvalue weighted by Gasteiger charge is 2.24. The van der Waals surface area contributed by atoms with Crippen molar-refractivity contribution in [3.05, 3.63) is 52.3 Å². The second kappa shape index (κ2) is 9.21. The van der Waals surface area contributed by atoms with Crippen molar-refractivity contribution >= 4 is 23.5 Å². The molecule has 0 aliphatic heterocycles. The number of ether oxygens (including phenoxy) is 2. The molecular weight excluding hydrogens is 360 g/mol. The van der Waals surface area contributed by atoms with E-state index >= 15 is 0 Å². The fourth-order valence-corrected chi connectivity index (χ4v) is 2.82. The summed E-state index contributed by atoms with van der Waals surface area (Å²) in [4.78, 5) is 39.2. The molecule has 150 valence electrons. The predicted octanol–water partition coefficient (Wildman–Crippen LogP) is 3.73. The number of benzene rings is 1. The number of aromatic nitrogens is 1. The summed E-state index contributed by atoms with van der Waals surface area (Å²) in [6.07, 6.45) is 0. The number of rotatable bonds is 7. The van der Waals surface area contributed by atoms with Gasteiger partial charge < -0.3 is 19.8 Å². The Hall–Kier alpha value is -3.09. The van der Waals surface area contributed by atoms with E-state index in [2.05, 4.69) is 24.1 Å². The number of anilines is 1. The van der Waals surface area contributed by atoms with Crippen molar-refractivity contribution in [1.82, 2.24) is 4.98 Å². The van der Waals surface area contributed by atoms with Gasteiger partial charge in [0.1, 0.15) is 5.69 Å². The van der Waals surface area contributed by atoms with E-state index in [0.717, 1.165) is 0 Å². The topological polar surface area (TPSA) is 97.5 Å². The summed E-state index contributed by atoms with van der Waals surface area (Å²) in [6.45, 7) is 8.99. The maximum atomic E-state index is 12.3. The minimum absolute atomic E-state index is 0.134. The normalized spacial score (nSPS) is 10.6. The number of H-pyrrole nitrogens is 1. The van der Waals surface area contributed by atoms with Gasteiger partial charge in [0.25, 0.3) is 5.91 Å². The lowest BCUT2D eigenvalue weighted by molar-refractivity contribution is -0.119. The zero-order valence-electron chi connectivity index (χ0n) is 16.8. The summed E-state index contributed by atoms with van der Waals surface area (Å²) >= 11 is 0. The maximum Gasteiger partial charge on any atom is 0.355 e. The largest absolute Gasteiger partial charge is 0.462 e. The van der Waals surface area contributed by atoms with Crippen LogP contribution < -0.4 is 5.32 Å². The van der Waals surface area contributed by atoms with Gasteiger partial charge in [0, 0.05) is 11.4 Å². The van der Waals surface area contributed by atoms with Crippen LogP contribution in [0, 0.1) is 13.8 Å². The molecule has 1 amide bonds. The second-order valence-corrected chi connectivity index (χ2v) is 6.75. The van der Waals surface area contributed by atoms with Gasteiger partial charge in [-0.05, 0) is 49.9 Å². The summed E-state index contributed by atoms with van der Waals surface area (Å²) in [5, 5.41) is 2.68. The minimum Gasteiger partial charge on any atom is -0.462 e. The van der Waals surface area contributed by atoms with Crippen LogP contribution in [0.1, 0.15) is 64.4 Å². The van der Waals surface area contributed by atoms with Crippen molar-refractivity contribution < 1.29 is 23.9 Å². The first-order valence-corrected chi connectivity index (χ1v) is 9.17. The van der Waals surface area contributed by atoms with E-state index in [0.29, 0.717) is 28.4 Å². The van der Waals surface area contributed by atoms with E-state index in [1.807, 2.05) is 12.1 Å². The highest BCUT2D eigenvalue weighted by atomic mass is 16.5. The van der Waals surface area contributed by atoms with Crippen molar-refractivity contribution in [3.8, 4) is 0 Å². The number of hydrogen-bond donors (Lipinski definition) is 2. The van der Waals surface area contributed by atoms with Crippen LogP contribution in [0.25, 0.3) is 0 Å². The van der Waals surface area contributed by atoms with Gasteiger partial charge in [0.2, 0.25) is 0 Å². The number of carbonyl (C=O) groups excluding carboxylic acids is 3. The van der Waals surface area contributed by atoms with E-state index in [9.17, 15) is 14.4 Å².